The van der Waals surface area contributed by atoms with Crippen LogP contribution in [-0.4, -0.2) is 26.5 Å². The van der Waals surface area contributed by atoms with Crippen molar-refractivity contribution in [3.05, 3.63) is 50.8 Å². The zero-order valence-corrected chi connectivity index (χ0v) is 14.4. The quantitative estimate of drug-likeness (QED) is 0.473. The van der Waals surface area contributed by atoms with Gasteiger partial charge in [0.25, 0.3) is 5.69 Å². The number of hydrogen-bond acceptors (Lipinski definition) is 5. The molecule has 0 N–H and O–H groups in total. The maximum atomic E-state index is 12.7. The standard InChI is InChI=1S/C16H15ClN4O4/c1-9-5-10(2)19(18-9)8-11-6-15(22)20(16(11)23)12-3-4-13(17)14(7-12)21(24)25/h3-5,7,11H,6,8H2,1-2H3/t11-/m1/s1. The first-order valence-corrected chi connectivity index (χ1v) is 7.97. The lowest BCUT2D eigenvalue weighted by molar-refractivity contribution is -0.384. The summed E-state index contributed by atoms with van der Waals surface area (Å²) < 4.78 is 1.69. The minimum absolute atomic E-state index is 0.0353. The first kappa shape index (κ1) is 17.1. The van der Waals surface area contributed by atoms with Crippen LogP contribution in [0.2, 0.25) is 5.02 Å². The molecule has 1 atom stereocenters. The topological polar surface area (TPSA) is 98.3 Å². The molecule has 0 unspecified atom stereocenters. The Balaban J connectivity index is 1.88. The van der Waals surface area contributed by atoms with Crippen LogP contribution >= 0.6 is 11.6 Å². The van der Waals surface area contributed by atoms with Crippen LogP contribution in [0.4, 0.5) is 11.4 Å². The molecule has 0 aliphatic carbocycles. The highest BCUT2D eigenvalue weighted by atomic mass is 35.5. The number of rotatable bonds is 4. The Morgan fingerprint density at radius 1 is 1.32 bits per heavy atom. The van der Waals surface area contributed by atoms with Crippen molar-refractivity contribution in [3.8, 4) is 0 Å². The molecule has 2 heterocycles. The second-order valence-electron chi connectivity index (χ2n) is 5.97. The summed E-state index contributed by atoms with van der Waals surface area (Å²) in [5.41, 5.74) is 1.54. The van der Waals surface area contributed by atoms with Crippen LogP contribution < -0.4 is 4.90 Å². The Bertz CT molecular complexity index is 892. The van der Waals surface area contributed by atoms with Crippen LogP contribution in [0.25, 0.3) is 0 Å². The van der Waals surface area contributed by atoms with Gasteiger partial charge in [0, 0.05) is 18.2 Å². The SMILES string of the molecule is Cc1cc(C)n(C[C@H]2CC(=O)N(c3ccc(Cl)c([N+](=O)[O-])c3)C2=O)n1. The molecule has 8 nitrogen and oxygen atoms in total. The molecule has 3 rings (SSSR count). The second-order valence-corrected chi connectivity index (χ2v) is 6.38. The minimum Gasteiger partial charge on any atom is -0.274 e. The van der Waals surface area contributed by atoms with Gasteiger partial charge in [0.05, 0.1) is 28.8 Å². The zero-order valence-electron chi connectivity index (χ0n) is 13.6. The highest BCUT2D eigenvalue weighted by molar-refractivity contribution is 6.33. The van der Waals surface area contributed by atoms with Gasteiger partial charge < -0.3 is 0 Å². The van der Waals surface area contributed by atoms with Gasteiger partial charge in [0.1, 0.15) is 5.02 Å². The highest BCUT2D eigenvalue weighted by Crippen LogP contribution is 2.33. The molecular weight excluding hydrogens is 348 g/mol. The van der Waals surface area contributed by atoms with E-state index in [4.69, 9.17) is 11.6 Å². The smallest absolute Gasteiger partial charge is 0.274 e. The van der Waals surface area contributed by atoms with Crippen LogP contribution in [0.15, 0.2) is 24.3 Å². The van der Waals surface area contributed by atoms with Crippen molar-refractivity contribution in [2.24, 2.45) is 5.92 Å². The summed E-state index contributed by atoms with van der Waals surface area (Å²) in [5.74, 6) is -1.34. The van der Waals surface area contributed by atoms with Gasteiger partial charge in [-0.3, -0.25) is 24.4 Å². The minimum atomic E-state index is -0.649. The number of aromatic nitrogens is 2. The molecule has 25 heavy (non-hydrogen) atoms. The number of nitrogens with zero attached hydrogens (tertiary/aromatic N) is 4. The molecule has 0 bridgehead atoms. The Kier molecular flexibility index (Phi) is 4.30. The van der Waals surface area contributed by atoms with Gasteiger partial charge in [0.15, 0.2) is 0 Å². The molecule has 1 aliphatic heterocycles. The normalized spacial score (nSPS) is 17.4. The fourth-order valence-corrected chi connectivity index (χ4v) is 3.14. The third-order valence-electron chi connectivity index (χ3n) is 4.12. The fourth-order valence-electron chi connectivity index (χ4n) is 2.96. The maximum absolute atomic E-state index is 12.7. The Hall–Kier alpha value is -2.74. The number of benzene rings is 1. The molecular formula is C16H15ClN4O4. The molecule has 1 aromatic heterocycles. The number of imide groups is 1. The Labute approximate surface area is 148 Å². The number of nitro benzene ring substituents is 1. The number of carbonyl (C=O) groups excluding carboxylic acids is 2. The number of nitro groups is 1. The largest absolute Gasteiger partial charge is 0.289 e. The van der Waals surface area contributed by atoms with Gasteiger partial charge in [-0.05, 0) is 32.0 Å². The van der Waals surface area contributed by atoms with Gasteiger partial charge in [-0.2, -0.15) is 5.10 Å². The van der Waals surface area contributed by atoms with E-state index in [-0.39, 0.29) is 29.4 Å². The van der Waals surface area contributed by atoms with Crippen LogP contribution in [-0.2, 0) is 16.1 Å². The molecule has 0 spiro atoms. The van der Waals surface area contributed by atoms with Crippen molar-refractivity contribution < 1.29 is 14.5 Å². The summed E-state index contributed by atoms with van der Waals surface area (Å²) in [6.45, 7) is 4.02. The van der Waals surface area contributed by atoms with Crippen molar-refractivity contribution in [2.45, 2.75) is 26.8 Å². The van der Waals surface area contributed by atoms with Gasteiger partial charge in [-0.1, -0.05) is 11.6 Å². The molecule has 0 saturated carbocycles. The molecule has 1 fully saturated rings. The summed E-state index contributed by atoms with van der Waals surface area (Å²) in [6.07, 6.45) is 0.0353. The molecule has 2 amide bonds. The second kappa shape index (κ2) is 6.29. The number of halogens is 1. The molecule has 2 aromatic rings. The highest BCUT2D eigenvalue weighted by Gasteiger charge is 2.40. The summed E-state index contributed by atoms with van der Waals surface area (Å²) in [7, 11) is 0. The summed E-state index contributed by atoms with van der Waals surface area (Å²) in [5, 5.41) is 15.3. The van der Waals surface area contributed by atoms with Crippen molar-refractivity contribution in [2.75, 3.05) is 4.90 Å². The lowest BCUT2D eigenvalue weighted by Gasteiger charge is -2.15. The van der Waals surface area contributed by atoms with E-state index in [0.717, 1.165) is 22.4 Å². The molecule has 0 radical (unpaired) electrons. The van der Waals surface area contributed by atoms with Crippen molar-refractivity contribution in [1.29, 1.82) is 0 Å². The number of aryl methyl sites for hydroxylation is 2. The third kappa shape index (κ3) is 3.12. The third-order valence-corrected chi connectivity index (χ3v) is 4.44. The number of anilines is 1. The van der Waals surface area contributed by atoms with E-state index < -0.39 is 22.7 Å². The predicted octanol–water partition coefficient (Wildman–Crippen LogP) is 2.64. The molecule has 130 valence electrons. The van der Waals surface area contributed by atoms with E-state index in [1.165, 1.54) is 12.1 Å². The molecule has 9 heteroatoms. The molecule has 1 saturated heterocycles. The Morgan fingerprint density at radius 2 is 2.04 bits per heavy atom. The van der Waals surface area contributed by atoms with Crippen LogP contribution in [0.1, 0.15) is 17.8 Å². The molecule has 1 aromatic carbocycles. The Morgan fingerprint density at radius 3 is 2.64 bits per heavy atom. The van der Waals surface area contributed by atoms with Gasteiger partial charge in [-0.25, -0.2) is 4.90 Å². The van der Waals surface area contributed by atoms with E-state index in [1.54, 1.807) is 4.68 Å². The van der Waals surface area contributed by atoms with Crippen LogP contribution in [0, 0.1) is 29.9 Å². The fraction of sp³-hybridized carbons (Fsp3) is 0.312. The van der Waals surface area contributed by atoms with E-state index in [9.17, 15) is 19.7 Å². The van der Waals surface area contributed by atoms with E-state index >= 15 is 0 Å². The van der Waals surface area contributed by atoms with E-state index in [0.29, 0.717) is 0 Å². The van der Waals surface area contributed by atoms with Gasteiger partial charge >= 0.3 is 0 Å². The van der Waals surface area contributed by atoms with E-state index in [1.807, 2.05) is 19.9 Å². The van der Waals surface area contributed by atoms with Crippen LogP contribution in [0.3, 0.4) is 0 Å². The first-order chi connectivity index (χ1) is 11.8. The predicted molar refractivity (Wildman–Crippen MR) is 90.4 cm³/mol. The average molecular weight is 363 g/mol. The average Bonchev–Trinajstić information content (AvgIpc) is 2.99. The maximum Gasteiger partial charge on any atom is 0.289 e. The number of hydrogen-bond donors (Lipinski definition) is 0. The van der Waals surface area contributed by atoms with Crippen molar-refractivity contribution >= 4 is 34.8 Å². The van der Waals surface area contributed by atoms with Crippen LogP contribution in [0.5, 0.6) is 0 Å². The molecule has 1 aliphatic rings. The summed E-state index contributed by atoms with van der Waals surface area (Å²) in [4.78, 5) is 36.3. The first-order valence-electron chi connectivity index (χ1n) is 7.59. The van der Waals surface area contributed by atoms with Crippen molar-refractivity contribution in [3.63, 3.8) is 0 Å². The van der Waals surface area contributed by atoms with Crippen molar-refractivity contribution in [1.82, 2.24) is 9.78 Å². The van der Waals surface area contributed by atoms with Gasteiger partial charge in [-0.15, -0.1) is 0 Å². The van der Waals surface area contributed by atoms with Gasteiger partial charge in [0.2, 0.25) is 11.8 Å². The number of amides is 2. The lowest BCUT2D eigenvalue weighted by Crippen LogP contribution is -2.31. The number of carbonyl (C=O) groups is 2. The lowest BCUT2D eigenvalue weighted by atomic mass is 10.1. The van der Waals surface area contributed by atoms with E-state index in [2.05, 4.69) is 5.10 Å². The monoisotopic (exact) mass is 362 g/mol. The summed E-state index contributed by atoms with van der Waals surface area (Å²) >= 11 is 5.78. The summed E-state index contributed by atoms with van der Waals surface area (Å²) in [6, 6.07) is 5.77. The zero-order chi connectivity index (χ0) is 18.3.